The summed E-state index contributed by atoms with van der Waals surface area (Å²) < 4.78 is 5.30. The zero-order valence-electron chi connectivity index (χ0n) is 6.96. The number of ether oxygens (including phenoxy) is 1. The molecule has 1 saturated heterocycles. The highest BCUT2D eigenvalue weighted by molar-refractivity contribution is 5.73. The van der Waals surface area contributed by atoms with E-state index in [0.29, 0.717) is 19.7 Å². The normalized spacial score (nSPS) is 25.3. The molecule has 1 fully saturated rings. The average Bonchev–Trinajstić information content (AvgIpc) is 2.05. The first kappa shape index (κ1) is 8.49. The molecular weight excluding hydrogens is 144 g/mol. The summed E-state index contributed by atoms with van der Waals surface area (Å²) in [4.78, 5) is 12.7. The second-order valence-corrected chi connectivity index (χ2v) is 2.61. The summed E-state index contributed by atoms with van der Waals surface area (Å²) in [7, 11) is 1.83. The van der Waals surface area contributed by atoms with Gasteiger partial charge in [-0.3, -0.25) is 10.1 Å². The summed E-state index contributed by atoms with van der Waals surface area (Å²) in [5.74, 6) is 0.119. The van der Waals surface area contributed by atoms with Crippen molar-refractivity contribution in [1.29, 1.82) is 0 Å². The van der Waals surface area contributed by atoms with Crippen LogP contribution in [-0.4, -0.2) is 43.8 Å². The number of likely N-dealkylation sites (N-methyl/N-ethyl adjacent to an activating group) is 1. The highest BCUT2D eigenvalue weighted by Crippen LogP contribution is 2.01. The fourth-order valence-electron chi connectivity index (χ4n) is 1.11. The largest absolute Gasteiger partial charge is 0.360 e. The van der Waals surface area contributed by atoms with E-state index in [1.807, 2.05) is 7.05 Å². The van der Waals surface area contributed by atoms with E-state index >= 15 is 0 Å². The molecule has 1 heterocycles. The molecule has 0 aliphatic carbocycles. The number of hydrogen-bond donors (Lipinski definition) is 1. The van der Waals surface area contributed by atoms with Gasteiger partial charge in [0.25, 0.3) is 0 Å². The maximum atomic E-state index is 10.9. The average molecular weight is 158 g/mol. The van der Waals surface area contributed by atoms with E-state index in [1.54, 1.807) is 11.8 Å². The molecule has 0 bridgehead atoms. The van der Waals surface area contributed by atoms with Gasteiger partial charge in [-0.15, -0.1) is 0 Å². The summed E-state index contributed by atoms with van der Waals surface area (Å²) in [5.41, 5.74) is 0. The Kier molecular flexibility index (Phi) is 2.84. The van der Waals surface area contributed by atoms with Crippen LogP contribution in [0.5, 0.6) is 0 Å². The van der Waals surface area contributed by atoms with Crippen molar-refractivity contribution in [2.24, 2.45) is 0 Å². The van der Waals surface area contributed by atoms with Gasteiger partial charge in [-0.25, -0.2) is 0 Å². The van der Waals surface area contributed by atoms with Crippen molar-refractivity contribution in [3.8, 4) is 0 Å². The van der Waals surface area contributed by atoms with Crippen LogP contribution in [-0.2, 0) is 9.53 Å². The van der Waals surface area contributed by atoms with Crippen LogP contribution in [0.3, 0.4) is 0 Å². The van der Waals surface area contributed by atoms with Crippen LogP contribution in [0.4, 0.5) is 0 Å². The molecule has 0 radical (unpaired) electrons. The van der Waals surface area contributed by atoms with Crippen LogP contribution in [0.25, 0.3) is 0 Å². The van der Waals surface area contributed by atoms with Gasteiger partial charge in [-0.05, 0) is 7.05 Å². The topological polar surface area (TPSA) is 41.6 Å². The Hall–Kier alpha value is -0.610. The zero-order chi connectivity index (χ0) is 8.27. The van der Waals surface area contributed by atoms with Gasteiger partial charge in [0.1, 0.15) is 6.23 Å². The van der Waals surface area contributed by atoms with E-state index in [-0.39, 0.29) is 12.1 Å². The van der Waals surface area contributed by atoms with E-state index < -0.39 is 0 Å². The molecule has 1 amide bonds. The van der Waals surface area contributed by atoms with Crippen molar-refractivity contribution < 1.29 is 9.53 Å². The molecule has 1 atom stereocenters. The van der Waals surface area contributed by atoms with Crippen molar-refractivity contribution in [1.82, 2.24) is 10.2 Å². The van der Waals surface area contributed by atoms with Gasteiger partial charge in [0.05, 0.1) is 13.2 Å². The lowest BCUT2D eigenvalue weighted by molar-refractivity contribution is -0.137. The first-order chi connectivity index (χ1) is 5.24. The molecule has 1 N–H and O–H groups in total. The Morgan fingerprint density at radius 1 is 1.73 bits per heavy atom. The third kappa shape index (κ3) is 2.17. The molecular formula is C7H14N2O2. The van der Waals surface area contributed by atoms with Gasteiger partial charge in [0, 0.05) is 13.5 Å². The number of hydrogen-bond acceptors (Lipinski definition) is 3. The maximum absolute atomic E-state index is 10.9. The first-order valence-corrected chi connectivity index (χ1v) is 3.78. The highest BCUT2D eigenvalue weighted by atomic mass is 16.5. The third-order valence-electron chi connectivity index (χ3n) is 1.83. The summed E-state index contributed by atoms with van der Waals surface area (Å²) in [6.07, 6.45) is 0.00708. The molecule has 1 rings (SSSR count). The SMILES string of the molecule is CNC1CN(C(C)=O)CCO1. The van der Waals surface area contributed by atoms with Crippen molar-refractivity contribution in [3.05, 3.63) is 0 Å². The molecule has 4 heteroatoms. The first-order valence-electron chi connectivity index (χ1n) is 3.78. The fraction of sp³-hybridized carbons (Fsp3) is 0.857. The molecule has 0 saturated carbocycles. The van der Waals surface area contributed by atoms with Crippen LogP contribution in [0, 0.1) is 0 Å². The van der Waals surface area contributed by atoms with Crippen LogP contribution in [0.1, 0.15) is 6.92 Å². The second kappa shape index (κ2) is 3.69. The molecule has 0 aromatic carbocycles. The number of morpholine rings is 1. The standard InChI is InChI=1S/C7H14N2O2/c1-6(10)9-3-4-11-7(5-9)8-2/h7-8H,3-5H2,1-2H3. The highest BCUT2D eigenvalue weighted by Gasteiger charge is 2.19. The maximum Gasteiger partial charge on any atom is 0.219 e. The van der Waals surface area contributed by atoms with Crippen molar-refractivity contribution in [3.63, 3.8) is 0 Å². The second-order valence-electron chi connectivity index (χ2n) is 2.61. The van der Waals surface area contributed by atoms with E-state index in [1.165, 1.54) is 0 Å². The minimum atomic E-state index is 0.00708. The summed E-state index contributed by atoms with van der Waals surface area (Å²) in [5, 5.41) is 2.97. The Morgan fingerprint density at radius 3 is 3.00 bits per heavy atom. The number of amides is 1. The van der Waals surface area contributed by atoms with Crippen LogP contribution < -0.4 is 5.32 Å². The lowest BCUT2D eigenvalue weighted by Gasteiger charge is -2.31. The lowest BCUT2D eigenvalue weighted by atomic mass is 10.4. The number of rotatable bonds is 1. The third-order valence-corrected chi connectivity index (χ3v) is 1.83. The monoisotopic (exact) mass is 158 g/mol. The van der Waals surface area contributed by atoms with E-state index in [0.717, 1.165) is 0 Å². The Morgan fingerprint density at radius 2 is 2.45 bits per heavy atom. The molecule has 4 nitrogen and oxygen atoms in total. The summed E-state index contributed by atoms with van der Waals surface area (Å²) in [6.45, 7) is 3.59. The van der Waals surface area contributed by atoms with Gasteiger partial charge in [0.2, 0.25) is 5.91 Å². The molecule has 0 aromatic rings. The van der Waals surface area contributed by atoms with Crippen molar-refractivity contribution in [2.45, 2.75) is 13.2 Å². The fourth-order valence-corrected chi connectivity index (χ4v) is 1.11. The molecule has 0 spiro atoms. The zero-order valence-corrected chi connectivity index (χ0v) is 6.96. The lowest BCUT2D eigenvalue weighted by Crippen LogP contribution is -2.49. The van der Waals surface area contributed by atoms with Crippen molar-refractivity contribution >= 4 is 5.91 Å². The van der Waals surface area contributed by atoms with Crippen LogP contribution in [0.2, 0.25) is 0 Å². The predicted molar refractivity (Wildman–Crippen MR) is 41.1 cm³/mol. The summed E-state index contributed by atoms with van der Waals surface area (Å²) >= 11 is 0. The van der Waals surface area contributed by atoms with Gasteiger partial charge in [-0.1, -0.05) is 0 Å². The minimum Gasteiger partial charge on any atom is -0.360 e. The molecule has 1 unspecified atom stereocenters. The summed E-state index contributed by atoms with van der Waals surface area (Å²) in [6, 6.07) is 0. The quantitative estimate of drug-likeness (QED) is 0.554. The molecule has 11 heavy (non-hydrogen) atoms. The Bertz CT molecular complexity index is 149. The number of carbonyl (C=O) groups excluding carboxylic acids is 1. The van der Waals surface area contributed by atoms with Crippen molar-refractivity contribution in [2.75, 3.05) is 26.7 Å². The molecule has 0 aromatic heterocycles. The number of carbonyl (C=O) groups is 1. The predicted octanol–water partition coefficient (Wildman–Crippen LogP) is -0.589. The van der Waals surface area contributed by atoms with E-state index in [9.17, 15) is 4.79 Å². The van der Waals surface area contributed by atoms with Crippen LogP contribution >= 0.6 is 0 Å². The van der Waals surface area contributed by atoms with E-state index in [4.69, 9.17) is 4.74 Å². The van der Waals surface area contributed by atoms with E-state index in [2.05, 4.69) is 5.32 Å². The van der Waals surface area contributed by atoms with Gasteiger partial charge < -0.3 is 9.64 Å². The molecule has 1 aliphatic heterocycles. The Balaban J connectivity index is 2.39. The minimum absolute atomic E-state index is 0.00708. The number of nitrogens with one attached hydrogen (secondary N) is 1. The Labute approximate surface area is 66.5 Å². The van der Waals surface area contributed by atoms with Gasteiger partial charge in [0.15, 0.2) is 0 Å². The molecule has 64 valence electrons. The molecule has 1 aliphatic rings. The van der Waals surface area contributed by atoms with Gasteiger partial charge >= 0.3 is 0 Å². The van der Waals surface area contributed by atoms with Crippen LogP contribution in [0.15, 0.2) is 0 Å². The smallest absolute Gasteiger partial charge is 0.219 e. The number of nitrogens with zero attached hydrogens (tertiary/aromatic N) is 1. The van der Waals surface area contributed by atoms with Gasteiger partial charge in [-0.2, -0.15) is 0 Å².